The number of piperazine rings is 1. The average Bonchev–Trinajstić information content (AvgIpc) is 2.91. The Hall–Kier alpha value is -1.92. The van der Waals surface area contributed by atoms with E-state index in [0.717, 1.165) is 61.8 Å². The van der Waals surface area contributed by atoms with E-state index in [2.05, 4.69) is 33.7 Å². The van der Waals surface area contributed by atoms with Gasteiger partial charge in [-0.1, -0.05) is 20.8 Å². The zero-order valence-electron chi connectivity index (χ0n) is 15.7. The minimum atomic E-state index is -0.0308. The number of rotatable bonds is 5. The lowest BCUT2D eigenvalue weighted by atomic mass is 10.2. The van der Waals surface area contributed by atoms with Gasteiger partial charge in [0.2, 0.25) is 5.91 Å². The van der Waals surface area contributed by atoms with Crippen LogP contribution < -0.4 is 5.32 Å². The number of carbonyl (C=O) groups is 1. The molecule has 0 bridgehead atoms. The number of nitrogens with zero attached hydrogens (tertiary/aromatic N) is 4. The Bertz CT molecular complexity index is 744. The molecular weight excluding hydrogens is 314 g/mol. The predicted octanol–water partition coefficient (Wildman–Crippen LogP) is 2.31. The van der Waals surface area contributed by atoms with E-state index in [1.807, 2.05) is 32.0 Å². The molecule has 6 nitrogen and oxygen atoms in total. The number of anilines is 1. The normalized spacial score (nSPS) is 16.7. The maximum absolute atomic E-state index is 11.9. The van der Waals surface area contributed by atoms with Crippen LogP contribution in [0, 0.1) is 5.92 Å². The fourth-order valence-electron chi connectivity index (χ4n) is 3.22. The van der Waals surface area contributed by atoms with Crippen molar-refractivity contribution in [3.63, 3.8) is 0 Å². The molecule has 25 heavy (non-hydrogen) atoms. The van der Waals surface area contributed by atoms with Crippen molar-refractivity contribution in [2.24, 2.45) is 13.0 Å². The van der Waals surface area contributed by atoms with Crippen molar-refractivity contribution in [1.82, 2.24) is 19.4 Å². The monoisotopic (exact) mass is 343 g/mol. The van der Waals surface area contributed by atoms with Gasteiger partial charge in [-0.3, -0.25) is 9.69 Å². The number of aryl methyl sites for hydroxylation is 1. The predicted molar refractivity (Wildman–Crippen MR) is 102 cm³/mol. The van der Waals surface area contributed by atoms with E-state index in [-0.39, 0.29) is 11.8 Å². The summed E-state index contributed by atoms with van der Waals surface area (Å²) < 4.78 is 2.16. The van der Waals surface area contributed by atoms with Crippen LogP contribution >= 0.6 is 0 Å². The Balaban J connectivity index is 1.74. The molecular formula is C19H29N5O. The van der Waals surface area contributed by atoms with Gasteiger partial charge in [-0.25, -0.2) is 4.98 Å². The van der Waals surface area contributed by atoms with Crippen LogP contribution in [-0.2, 0) is 18.4 Å². The van der Waals surface area contributed by atoms with E-state index in [0.29, 0.717) is 0 Å². The fourth-order valence-corrected chi connectivity index (χ4v) is 3.22. The van der Waals surface area contributed by atoms with Gasteiger partial charge in [0.25, 0.3) is 0 Å². The lowest BCUT2D eigenvalue weighted by Crippen LogP contribution is -2.45. The second-order valence-electron chi connectivity index (χ2n) is 7.14. The van der Waals surface area contributed by atoms with Gasteiger partial charge in [0.1, 0.15) is 5.82 Å². The molecule has 1 aliphatic rings. The van der Waals surface area contributed by atoms with Gasteiger partial charge in [-0.15, -0.1) is 0 Å². The maximum Gasteiger partial charge on any atom is 0.226 e. The number of imidazole rings is 1. The molecule has 0 aliphatic carbocycles. The van der Waals surface area contributed by atoms with Crippen LogP contribution in [0.4, 0.5) is 5.69 Å². The fraction of sp³-hybridized carbons (Fsp3) is 0.579. The molecule has 6 heteroatoms. The van der Waals surface area contributed by atoms with Crippen molar-refractivity contribution in [1.29, 1.82) is 0 Å². The van der Waals surface area contributed by atoms with Crippen molar-refractivity contribution in [2.75, 3.05) is 38.0 Å². The van der Waals surface area contributed by atoms with E-state index in [1.165, 1.54) is 0 Å². The number of aromatic nitrogens is 2. The Morgan fingerprint density at radius 2 is 1.88 bits per heavy atom. The summed E-state index contributed by atoms with van der Waals surface area (Å²) in [7, 11) is 2.07. The van der Waals surface area contributed by atoms with Crippen LogP contribution in [0.1, 0.15) is 26.6 Å². The van der Waals surface area contributed by atoms with E-state index >= 15 is 0 Å². The third-order valence-corrected chi connectivity index (χ3v) is 5.04. The summed E-state index contributed by atoms with van der Waals surface area (Å²) in [5.74, 6) is 1.08. The Kier molecular flexibility index (Phi) is 5.39. The first-order chi connectivity index (χ1) is 12.0. The zero-order valence-corrected chi connectivity index (χ0v) is 15.7. The molecule has 1 fully saturated rings. The molecule has 0 radical (unpaired) electrons. The quantitative estimate of drug-likeness (QED) is 0.905. The van der Waals surface area contributed by atoms with E-state index in [4.69, 9.17) is 4.98 Å². The highest BCUT2D eigenvalue weighted by Gasteiger charge is 2.18. The number of hydrogen-bond donors (Lipinski definition) is 1. The number of nitrogens with one attached hydrogen (secondary N) is 1. The molecule has 2 heterocycles. The largest absolute Gasteiger partial charge is 0.330 e. The molecule has 1 N–H and O–H groups in total. The average molecular weight is 343 g/mol. The van der Waals surface area contributed by atoms with Crippen LogP contribution in [0.5, 0.6) is 0 Å². The van der Waals surface area contributed by atoms with Gasteiger partial charge >= 0.3 is 0 Å². The molecule has 3 rings (SSSR count). The minimum Gasteiger partial charge on any atom is -0.330 e. The number of hydrogen-bond acceptors (Lipinski definition) is 4. The van der Waals surface area contributed by atoms with Gasteiger partial charge in [-0.2, -0.15) is 0 Å². The lowest BCUT2D eigenvalue weighted by Gasteiger charge is -2.33. The lowest BCUT2D eigenvalue weighted by molar-refractivity contribution is -0.118. The molecule has 1 aromatic heterocycles. The van der Waals surface area contributed by atoms with E-state index in [9.17, 15) is 4.79 Å². The molecule has 0 saturated carbocycles. The second-order valence-corrected chi connectivity index (χ2v) is 7.14. The minimum absolute atomic E-state index is 0.0308. The molecule has 136 valence electrons. The van der Waals surface area contributed by atoms with Crippen molar-refractivity contribution < 1.29 is 4.79 Å². The molecule has 1 aromatic carbocycles. The molecule has 0 spiro atoms. The molecule has 0 unspecified atom stereocenters. The van der Waals surface area contributed by atoms with Crippen LogP contribution in [-0.4, -0.2) is 58.0 Å². The van der Waals surface area contributed by atoms with Crippen LogP contribution in [0.15, 0.2) is 18.2 Å². The summed E-state index contributed by atoms with van der Waals surface area (Å²) >= 11 is 0. The van der Waals surface area contributed by atoms with Crippen molar-refractivity contribution in [3.05, 3.63) is 24.0 Å². The number of likely N-dealkylation sites (N-methyl/N-ethyl adjacent to an activating group) is 1. The van der Waals surface area contributed by atoms with Gasteiger partial charge in [0.15, 0.2) is 0 Å². The topological polar surface area (TPSA) is 53.4 Å². The van der Waals surface area contributed by atoms with Gasteiger partial charge in [0.05, 0.1) is 17.6 Å². The van der Waals surface area contributed by atoms with Gasteiger partial charge < -0.3 is 14.8 Å². The number of fused-ring (bicyclic) bond motifs is 1. The molecule has 0 atom stereocenters. The maximum atomic E-state index is 11.9. The third-order valence-electron chi connectivity index (χ3n) is 5.04. The first kappa shape index (κ1) is 17.9. The zero-order chi connectivity index (χ0) is 18.0. The molecule has 1 aliphatic heterocycles. The molecule has 2 aromatic rings. The van der Waals surface area contributed by atoms with Gasteiger partial charge in [-0.05, 0) is 24.7 Å². The van der Waals surface area contributed by atoms with E-state index < -0.39 is 0 Å². The number of carbonyl (C=O) groups excluding carboxylic acids is 1. The third kappa shape index (κ3) is 4.02. The highest BCUT2D eigenvalue weighted by molar-refractivity contribution is 5.94. The standard InChI is InChI=1S/C19H29N5O/c1-5-23-8-10-24(11-9-23)13-18-21-16-12-15(20-19(25)14(2)3)6-7-17(16)22(18)4/h6-7,12,14H,5,8-11,13H2,1-4H3,(H,20,25). The number of amides is 1. The first-order valence-corrected chi connectivity index (χ1v) is 9.19. The Morgan fingerprint density at radius 1 is 1.20 bits per heavy atom. The first-order valence-electron chi connectivity index (χ1n) is 9.19. The van der Waals surface area contributed by atoms with Crippen molar-refractivity contribution in [3.8, 4) is 0 Å². The summed E-state index contributed by atoms with van der Waals surface area (Å²) in [5, 5.41) is 2.95. The number of benzene rings is 1. The Labute approximate surface area is 149 Å². The highest BCUT2D eigenvalue weighted by Crippen LogP contribution is 2.21. The van der Waals surface area contributed by atoms with Crippen LogP contribution in [0.3, 0.4) is 0 Å². The summed E-state index contributed by atoms with van der Waals surface area (Å²) in [6.45, 7) is 12.4. The second kappa shape index (κ2) is 7.54. The highest BCUT2D eigenvalue weighted by atomic mass is 16.1. The summed E-state index contributed by atoms with van der Waals surface area (Å²) in [5.41, 5.74) is 2.85. The summed E-state index contributed by atoms with van der Waals surface area (Å²) in [6, 6.07) is 5.96. The SMILES string of the molecule is CCN1CCN(Cc2nc3cc(NC(=O)C(C)C)ccc3n2C)CC1. The molecule has 1 saturated heterocycles. The van der Waals surface area contributed by atoms with Crippen LogP contribution in [0.2, 0.25) is 0 Å². The summed E-state index contributed by atoms with van der Waals surface area (Å²) in [6.07, 6.45) is 0. The van der Waals surface area contributed by atoms with E-state index in [1.54, 1.807) is 0 Å². The van der Waals surface area contributed by atoms with Gasteiger partial charge in [0, 0.05) is 44.8 Å². The van der Waals surface area contributed by atoms with Crippen LogP contribution in [0.25, 0.3) is 11.0 Å². The molecule has 1 amide bonds. The smallest absolute Gasteiger partial charge is 0.226 e. The van der Waals surface area contributed by atoms with Crippen molar-refractivity contribution >= 4 is 22.6 Å². The Morgan fingerprint density at radius 3 is 2.52 bits per heavy atom. The van der Waals surface area contributed by atoms with Crippen molar-refractivity contribution in [2.45, 2.75) is 27.3 Å². The summed E-state index contributed by atoms with van der Waals surface area (Å²) in [4.78, 5) is 21.7.